The fourth-order valence-electron chi connectivity index (χ4n) is 2.16. The molecule has 1 saturated heterocycles. The molecule has 1 aliphatic heterocycles. The summed E-state index contributed by atoms with van der Waals surface area (Å²) in [6.45, 7) is 1.20. The van der Waals surface area contributed by atoms with E-state index in [1.807, 2.05) is 12.1 Å². The fourth-order valence-corrected chi connectivity index (χ4v) is 2.52. The van der Waals surface area contributed by atoms with Gasteiger partial charge in [0.2, 0.25) is 0 Å². The summed E-state index contributed by atoms with van der Waals surface area (Å²) in [5.41, 5.74) is 0.579. The number of hydrogen-bond donors (Lipinski definition) is 1. The summed E-state index contributed by atoms with van der Waals surface area (Å²) in [7, 11) is 0. The highest BCUT2D eigenvalue weighted by atomic mass is 79.9. The third-order valence-electron chi connectivity index (χ3n) is 3.13. The van der Waals surface area contributed by atoms with Crippen LogP contribution in [0, 0.1) is 0 Å². The molecule has 1 aliphatic rings. The minimum atomic E-state index is -1.07. The quantitative estimate of drug-likeness (QED) is 0.932. The van der Waals surface area contributed by atoms with Gasteiger partial charge in [-0.2, -0.15) is 0 Å². The average Bonchev–Trinajstić information content (AvgIpc) is 2.92. The second-order valence-electron chi connectivity index (χ2n) is 4.58. The largest absolute Gasteiger partial charge is 0.487 e. The molecule has 1 N–H and O–H groups in total. The lowest BCUT2D eigenvalue weighted by molar-refractivity contribution is 0.0690. The molecule has 1 fully saturated rings. The minimum Gasteiger partial charge on any atom is -0.487 e. The molecule has 0 saturated carbocycles. The smallest absolute Gasteiger partial charge is 0.354 e. The molecule has 5 nitrogen and oxygen atoms in total. The lowest BCUT2D eigenvalue weighted by atomic mass is 10.1. The van der Waals surface area contributed by atoms with E-state index in [4.69, 9.17) is 14.6 Å². The highest BCUT2D eigenvalue weighted by Crippen LogP contribution is 2.30. The monoisotopic (exact) mass is 337 g/mol. The van der Waals surface area contributed by atoms with Crippen molar-refractivity contribution < 1.29 is 19.4 Å². The van der Waals surface area contributed by atoms with E-state index >= 15 is 0 Å². The van der Waals surface area contributed by atoms with Crippen LogP contribution in [0.25, 0.3) is 10.9 Å². The molecule has 1 aromatic heterocycles. The molecule has 0 amide bonds. The number of aromatic carboxylic acids is 1. The highest BCUT2D eigenvalue weighted by molar-refractivity contribution is 9.10. The molecule has 2 heterocycles. The minimum absolute atomic E-state index is 0.0197. The molecule has 0 radical (unpaired) electrons. The van der Waals surface area contributed by atoms with Crippen molar-refractivity contribution in [1.82, 2.24) is 4.98 Å². The lowest BCUT2D eigenvalue weighted by Gasteiger charge is -2.14. The van der Waals surface area contributed by atoms with Crippen LogP contribution in [0.15, 0.2) is 28.7 Å². The Labute approximate surface area is 123 Å². The second kappa shape index (κ2) is 5.38. The Kier molecular flexibility index (Phi) is 3.58. The van der Waals surface area contributed by atoms with Gasteiger partial charge in [0.25, 0.3) is 0 Å². The zero-order chi connectivity index (χ0) is 14.1. The Balaban J connectivity index is 2.09. The van der Waals surface area contributed by atoms with Crippen molar-refractivity contribution in [1.29, 1.82) is 0 Å². The number of halogens is 1. The Bertz CT molecular complexity index is 668. The van der Waals surface area contributed by atoms with E-state index in [0.717, 1.165) is 16.3 Å². The molecule has 0 bridgehead atoms. The molecular formula is C14H12BrNO4. The number of carboxylic acids is 1. The van der Waals surface area contributed by atoms with Gasteiger partial charge in [-0.1, -0.05) is 15.9 Å². The molecule has 1 aromatic carbocycles. The summed E-state index contributed by atoms with van der Waals surface area (Å²) in [6, 6.07) is 6.93. The van der Waals surface area contributed by atoms with Crippen molar-refractivity contribution >= 4 is 32.8 Å². The Hall–Kier alpha value is -1.66. The predicted octanol–water partition coefficient (Wildman–Crippen LogP) is 2.86. The van der Waals surface area contributed by atoms with Crippen molar-refractivity contribution in [3.05, 3.63) is 34.4 Å². The number of pyridine rings is 1. The van der Waals surface area contributed by atoms with E-state index in [0.29, 0.717) is 24.5 Å². The molecule has 0 aliphatic carbocycles. The summed E-state index contributed by atoms with van der Waals surface area (Å²) < 4.78 is 12.1. The summed E-state index contributed by atoms with van der Waals surface area (Å²) >= 11 is 3.40. The third kappa shape index (κ3) is 2.62. The van der Waals surface area contributed by atoms with Crippen LogP contribution in [0.2, 0.25) is 0 Å². The zero-order valence-electron chi connectivity index (χ0n) is 10.5. The lowest BCUT2D eigenvalue weighted by Crippen LogP contribution is -2.16. The fraction of sp³-hybridized carbons (Fsp3) is 0.286. The van der Waals surface area contributed by atoms with Crippen LogP contribution in [-0.4, -0.2) is 35.4 Å². The number of benzene rings is 1. The number of carbonyl (C=O) groups is 1. The van der Waals surface area contributed by atoms with E-state index in [1.165, 1.54) is 6.07 Å². The molecule has 1 unspecified atom stereocenters. The number of ether oxygens (including phenoxy) is 2. The van der Waals surface area contributed by atoms with Crippen LogP contribution in [-0.2, 0) is 4.74 Å². The first-order chi connectivity index (χ1) is 9.63. The van der Waals surface area contributed by atoms with E-state index in [2.05, 4.69) is 20.9 Å². The Morgan fingerprint density at radius 1 is 1.45 bits per heavy atom. The number of fused-ring (bicyclic) bond motifs is 1. The maximum Gasteiger partial charge on any atom is 0.354 e. The van der Waals surface area contributed by atoms with Crippen molar-refractivity contribution in [2.75, 3.05) is 13.2 Å². The Morgan fingerprint density at radius 2 is 2.30 bits per heavy atom. The topological polar surface area (TPSA) is 68.7 Å². The molecule has 0 spiro atoms. The zero-order valence-corrected chi connectivity index (χ0v) is 12.1. The van der Waals surface area contributed by atoms with Crippen LogP contribution in [0.3, 0.4) is 0 Å². The molecule has 104 valence electrons. The van der Waals surface area contributed by atoms with Crippen molar-refractivity contribution in [2.24, 2.45) is 0 Å². The first-order valence-electron chi connectivity index (χ1n) is 6.21. The standard InChI is InChI=1S/C14H12BrNO4/c15-8-1-2-11-10(5-8)13(6-12(16-11)14(17)18)20-9-3-4-19-7-9/h1-2,5-6,9H,3-4,7H2,(H,17,18). The van der Waals surface area contributed by atoms with Gasteiger partial charge in [0.05, 0.1) is 18.7 Å². The molecular weight excluding hydrogens is 326 g/mol. The second-order valence-corrected chi connectivity index (χ2v) is 5.49. The number of hydrogen-bond acceptors (Lipinski definition) is 4. The van der Waals surface area contributed by atoms with Gasteiger partial charge in [0.1, 0.15) is 11.9 Å². The first-order valence-corrected chi connectivity index (χ1v) is 7.01. The van der Waals surface area contributed by atoms with Crippen molar-refractivity contribution in [3.8, 4) is 5.75 Å². The van der Waals surface area contributed by atoms with Gasteiger partial charge in [-0.25, -0.2) is 9.78 Å². The summed E-state index contributed by atoms with van der Waals surface area (Å²) in [6.07, 6.45) is 0.765. The molecule has 3 rings (SSSR count). The molecule has 20 heavy (non-hydrogen) atoms. The van der Waals surface area contributed by atoms with Crippen LogP contribution in [0.1, 0.15) is 16.9 Å². The third-order valence-corrected chi connectivity index (χ3v) is 3.63. The van der Waals surface area contributed by atoms with Crippen LogP contribution in [0.5, 0.6) is 5.75 Å². The maximum atomic E-state index is 11.1. The SMILES string of the molecule is O=C(O)c1cc(OC2CCOC2)c2cc(Br)ccc2n1. The van der Waals surface area contributed by atoms with Crippen LogP contribution in [0.4, 0.5) is 0 Å². The van der Waals surface area contributed by atoms with E-state index in [1.54, 1.807) is 6.07 Å². The van der Waals surface area contributed by atoms with Crippen molar-refractivity contribution in [2.45, 2.75) is 12.5 Å². The van der Waals surface area contributed by atoms with Gasteiger partial charge in [-0.05, 0) is 18.2 Å². The maximum absolute atomic E-state index is 11.1. The summed E-state index contributed by atoms with van der Waals surface area (Å²) in [5, 5.41) is 9.92. The van der Waals surface area contributed by atoms with Gasteiger partial charge in [-0.3, -0.25) is 0 Å². The highest BCUT2D eigenvalue weighted by Gasteiger charge is 2.20. The number of aromatic nitrogens is 1. The van der Waals surface area contributed by atoms with Gasteiger partial charge in [0.15, 0.2) is 5.69 Å². The van der Waals surface area contributed by atoms with E-state index in [-0.39, 0.29) is 11.8 Å². The molecule has 2 aromatic rings. The van der Waals surface area contributed by atoms with Crippen LogP contribution < -0.4 is 4.74 Å². The number of carboxylic acid groups (broad SMARTS) is 1. The van der Waals surface area contributed by atoms with E-state index in [9.17, 15) is 4.79 Å². The van der Waals surface area contributed by atoms with Gasteiger partial charge >= 0.3 is 5.97 Å². The number of nitrogens with zero attached hydrogens (tertiary/aromatic N) is 1. The predicted molar refractivity (Wildman–Crippen MR) is 76.3 cm³/mol. The Morgan fingerprint density at radius 3 is 3.00 bits per heavy atom. The normalized spacial score (nSPS) is 18.4. The average molecular weight is 338 g/mol. The summed E-state index contributed by atoms with van der Waals surface area (Å²) in [4.78, 5) is 15.3. The van der Waals surface area contributed by atoms with Gasteiger partial charge < -0.3 is 14.6 Å². The van der Waals surface area contributed by atoms with Crippen LogP contribution >= 0.6 is 15.9 Å². The molecule has 6 heteroatoms. The first kappa shape index (κ1) is 13.3. The van der Waals surface area contributed by atoms with Crippen molar-refractivity contribution in [3.63, 3.8) is 0 Å². The number of rotatable bonds is 3. The summed E-state index contributed by atoms with van der Waals surface area (Å²) in [5.74, 6) is -0.536. The van der Waals surface area contributed by atoms with Gasteiger partial charge in [-0.15, -0.1) is 0 Å². The van der Waals surface area contributed by atoms with Gasteiger partial charge in [0, 0.05) is 22.3 Å². The molecule has 1 atom stereocenters. The van der Waals surface area contributed by atoms with E-state index < -0.39 is 5.97 Å².